The van der Waals surface area contributed by atoms with E-state index in [0.29, 0.717) is 31.0 Å². The summed E-state index contributed by atoms with van der Waals surface area (Å²) >= 11 is 6.27. The highest BCUT2D eigenvalue weighted by atomic mass is 35.5. The number of aryl methyl sites for hydroxylation is 1. The molecule has 0 N–H and O–H groups in total. The van der Waals surface area contributed by atoms with E-state index < -0.39 is 5.60 Å². The molecule has 0 spiro atoms. The lowest BCUT2D eigenvalue weighted by Crippen LogP contribution is -2.46. The van der Waals surface area contributed by atoms with E-state index in [2.05, 4.69) is 0 Å². The number of benzene rings is 1. The molecule has 1 saturated heterocycles. The summed E-state index contributed by atoms with van der Waals surface area (Å²) in [5.41, 5.74) is 1.50. The van der Waals surface area contributed by atoms with Crippen molar-refractivity contribution in [3.8, 4) is 0 Å². The lowest BCUT2D eigenvalue weighted by Gasteiger charge is -2.33. The monoisotopic (exact) mass is 337 g/mol. The molecular formula is C18H24ClNO3. The number of halogens is 1. The molecular weight excluding hydrogens is 314 g/mol. The molecule has 0 radical (unpaired) electrons. The Morgan fingerprint density at radius 1 is 1.39 bits per heavy atom. The number of hydrogen-bond acceptors (Lipinski definition) is 3. The average Bonchev–Trinajstić information content (AvgIpc) is 2.42. The fourth-order valence-corrected chi connectivity index (χ4v) is 2.97. The van der Waals surface area contributed by atoms with Gasteiger partial charge in [0.15, 0.2) is 0 Å². The highest BCUT2D eigenvalue weighted by Crippen LogP contribution is 2.25. The van der Waals surface area contributed by atoms with Crippen molar-refractivity contribution in [1.29, 1.82) is 0 Å². The molecule has 1 fully saturated rings. The Balaban J connectivity index is 2.06. The molecule has 1 unspecified atom stereocenters. The fraction of sp³-hybridized carbons (Fsp3) is 0.556. The topological polar surface area (TPSA) is 46.6 Å². The molecule has 0 aliphatic carbocycles. The summed E-state index contributed by atoms with van der Waals surface area (Å²) in [4.78, 5) is 26.0. The van der Waals surface area contributed by atoms with Crippen molar-refractivity contribution < 1.29 is 14.3 Å². The van der Waals surface area contributed by atoms with Crippen LogP contribution >= 0.6 is 11.6 Å². The summed E-state index contributed by atoms with van der Waals surface area (Å²) in [6.45, 7) is 8.30. The highest BCUT2D eigenvalue weighted by molar-refractivity contribution is 6.31. The largest absolute Gasteiger partial charge is 0.444 e. The highest BCUT2D eigenvalue weighted by Gasteiger charge is 2.32. The molecule has 0 saturated carbocycles. The Hall–Kier alpha value is -1.55. The van der Waals surface area contributed by atoms with Gasteiger partial charge in [0.05, 0.1) is 0 Å². The first-order chi connectivity index (χ1) is 10.7. The summed E-state index contributed by atoms with van der Waals surface area (Å²) in [5.74, 6) is -0.0436. The molecule has 1 atom stereocenters. The zero-order chi connectivity index (χ0) is 17.2. The Bertz CT molecular complexity index is 607. The number of likely N-dealkylation sites (tertiary alicyclic amines) is 1. The molecule has 23 heavy (non-hydrogen) atoms. The van der Waals surface area contributed by atoms with Gasteiger partial charge < -0.3 is 9.64 Å². The van der Waals surface area contributed by atoms with Gasteiger partial charge in [0, 0.05) is 30.5 Å². The summed E-state index contributed by atoms with van der Waals surface area (Å²) in [6.07, 6.45) is 0.565. The molecule has 2 rings (SSSR count). The van der Waals surface area contributed by atoms with E-state index >= 15 is 0 Å². The van der Waals surface area contributed by atoms with Gasteiger partial charge in [-0.1, -0.05) is 23.7 Å². The molecule has 0 bridgehead atoms. The van der Waals surface area contributed by atoms with Crippen molar-refractivity contribution in [3.63, 3.8) is 0 Å². The van der Waals surface area contributed by atoms with Gasteiger partial charge in [0.1, 0.15) is 11.4 Å². The number of rotatable bonds is 2. The Kier molecular flexibility index (Phi) is 5.35. The molecule has 1 aliphatic heterocycles. The maximum absolute atomic E-state index is 12.2. The van der Waals surface area contributed by atoms with Crippen LogP contribution in [0.3, 0.4) is 0 Å². The number of ether oxygens (including phenoxy) is 1. The molecule has 4 nitrogen and oxygen atoms in total. The smallest absolute Gasteiger partial charge is 0.410 e. The van der Waals surface area contributed by atoms with Gasteiger partial charge in [-0.15, -0.1) is 0 Å². The Labute approximate surface area is 142 Å². The molecule has 1 heterocycles. The van der Waals surface area contributed by atoms with E-state index in [0.717, 1.165) is 11.1 Å². The van der Waals surface area contributed by atoms with Crippen molar-refractivity contribution in [3.05, 3.63) is 34.3 Å². The third-order valence-corrected chi connectivity index (χ3v) is 4.20. The van der Waals surface area contributed by atoms with Crippen LogP contribution in [0.5, 0.6) is 0 Å². The standard InChI is InChI=1S/C18H24ClNO3/c1-12-5-6-13(15(19)9-12)10-14-11-20(8-7-16(14)21)17(22)23-18(2,3)4/h5-6,9,14H,7-8,10-11H2,1-4H3. The van der Waals surface area contributed by atoms with Crippen molar-refractivity contribution >= 4 is 23.5 Å². The summed E-state index contributed by atoms with van der Waals surface area (Å²) in [5, 5.41) is 0.673. The van der Waals surface area contributed by atoms with E-state index in [1.165, 1.54) is 0 Å². The summed E-state index contributed by atoms with van der Waals surface area (Å²) in [7, 11) is 0. The zero-order valence-electron chi connectivity index (χ0n) is 14.2. The van der Waals surface area contributed by atoms with E-state index in [-0.39, 0.29) is 17.8 Å². The number of amides is 1. The van der Waals surface area contributed by atoms with Gasteiger partial charge in [0.25, 0.3) is 0 Å². The second-order valence-electron chi connectivity index (χ2n) is 7.14. The number of ketones is 1. The third kappa shape index (κ3) is 4.96. The first kappa shape index (κ1) is 17.8. The molecule has 0 aromatic heterocycles. The second-order valence-corrected chi connectivity index (χ2v) is 7.55. The Morgan fingerprint density at radius 2 is 2.09 bits per heavy atom. The first-order valence-corrected chi connectivity index (χ1v) is 8.29. The summed E-state index contributed by atoms with van der Waals surface area (Å²) < 4.78 is 5.40. The predicted molar refractivity (Wildman–Crippen MR) is 90.8 cm³/mol. The molecule has 1 aliphatic rings. The predicted octanol–water partition coefficient (Wildman–Crippen LogP) is 4.02. The fourth-order valence-electron chi connectivity index (χ4n) is 2.66. The van der Waals surface area contributed by atoms with Crippen LogP contribution in [-0.4, -0.2) is 35.5 Å². The minimum absolute atomic E-state index is 0.182. The number of carbonyl (C=O) groups excluding carboxylic acids is 2. The van der Waals surface area contributed by atoms with Crippen LogP contribution in [0.25, 0.3) is 0 Å². The maximum atomic E-state index is 12.2. The van der Waals surface area contributed by atoms with Gasteiger partial charge >= 0.3 is 6.09 Å². The van der Waals surface area contributed by atoms with Gasteiger partial charge in [-0.2, -0.15) is 0 Å². The van der Waals surface area contributed by atoms with Crippen LogP contribution in [0.4, 0.5) is 4.79 Å². The van der Waals surface area contributed by atoms with Crippen LogP contribution in [0.15, 0.2) is 18.2 Å². The SMILES string of the molecule is Cc1ccc(CC2CN(C(=O)OC(C)(C)C)CCC2=O)c(Cl)c1. The van der Waals surface area contributed by atoms with Crippen LogP contribution in [0.1, 0.15) is 38.3 Å². The normalized spacial score (nSPS) is 18.9. The van der Waals surface area contributed by atoms with Gasteiger partial charge in [-0.25, -0.2) is 4.79 Å². The van der Waals surface area contributed by atoms with Gasteiger partial charge in [-0.05, 0) is 51.3 Å². The van der Waals surface area contributed by atoms with E-state index in [1.54, 1.807) is 4.90 Å². The second kappa shape index (κ2) is 6.91. The lowest BCUT2D eigenvalue weighted by molar-refractivity contribution is -0.125. The first-order valence-electron chi connectivity index (χ1n) is 7.91. The van der Waals surface area contributed by atoms with Crippen LogP contribution in [0, 0.1) is 12.8 Å². The number of piperidine rings is 1. The minimum Gasteiger partial charge on any atom is -0.444 e. The third-order valence-electron chi connectivity index (χ3n) is 3.85. The zero-order valence-corrected chi connectivity index (χ0v) is 14.9. The lowest BCUT2D eigenvalue weighted by atomic mass is 9.90. The van der Waals surface area contributed by atoms with Crippen LogP contribution < -0.4 is 0 Å². The van der Waals surface area contributed by atoms with Crippen molar-refractivity contribution in [2.75, 3.05) is 13.1 Å². The maximum Gasteiger partial charge on any atom is 0.410 e. The number of hydrogen-bond donors (Lipinski definition) is 0. The average molecular weight is 338 g/mol. The van der Waals surface area contributed by atoms with Crippen molar-refractivity contribution in [2.45, 2.75) is 46.1 Å². The number of Topliss-reactive ketones (excluding diaryl/α,β-unsaturated/α-hetero) is 1. The Morgan fingerprint density at radius 3 is 2.70 bits per heavy atom. The van der Waals surface area contributed by atoms with Crippen LogP contribution in [0.2, 0.25) is 5.02 Å². The molecule has 1 aromatic rings. The van der Waals surface area contributed by atoms with Gasteiger partial charge in [0.2, 0.25) is 0 Å². The minimum atomic E-state index is -0.533. The molecule has 5 heteroatoms. The molecule has 126 valence electrons. The van der Waals surface area contributed by atoms with Gasteiger partial charge in [-0.3, -0.25) is 4.79 Å². The van der Waals surface area contributed by atoms with Crippen LogP contribution in [-0.2, 0) is 16.0 Å². The van der Waals surface area contributed by atoms with Crippen molar-refractivity contribution in [2.24, 2.45) is 5.92 Å². The molecule has 1 aromatic carbocycles. The number of carbonyl (C=O) groups is 2. The molecule has 1 amide bonds. The van der Waals surface area contributed by atoms with E-state index in [9.17, 15) is 9.59 Å². The summed E-state index contributed by atoms with van der Waals surface area (Å²) in [6, 6.07) is 5.84. The number of nitrogens with zero attached hydrogens (tertiary/aromatic N) is 1. The quantitative estimate of drug-likeness (QED) is 0.819. The van der Waals surface area contributed by atoms with E-state index in [1.807, 2.05) is 45.9 Å². The van der Waals surface area contributed by atoms with E-state index in [4.69, 9.17) is 16.3 Å². The van der Waals surface area contributed by atoms with Crippen molar-refractivity contribution in [1.82, 2.24) is 4.90 Å².